The normalized spacial score (nSPS) is 19.4. The van der Waals surface area contributed by atoms with Crippen molar-refractivity contribution in [3.63, 3.8) is 0 Å². The second kappa shape index (κ2) is 11.1. The summed E-state index contributed by atoms with van der Waals surface area (Å²) in [6.45, 7) is 1.42. The van der Waals surface area contributed by atoms with Crippen molar-refractivity contribution < 1.29 is 13.4 Å². The molecule has 1 aliphatic carbocycles. The average molecular weight is 570 g/mol. The summed E-state index contributed by atoms with van der Waals surface area (Å²) in [5.74, 6) is 1.84. The van der Waals surface area contributed by atoms with Crippen molar-refractivity contribution in [3.8, 4) is 0 Å². The summed E-state index contributed by atoms with van der Waals surface area (Å²) in [4.78, 5) is 33.1. The first-order valence-electron chi connectivity index (χ1n) is 13.3. The Morgan fingerprint density at radius 2 is 1.90 bits per heavy atom. The van der Waals surface area contributed by atoms with E-state index in [1.54, 1.807) is 24.5 Å². The molecule has 0 bridgehead atoms. The third kappa shape index (κ3) is 6.04. The minimum atomic E-state index is -1.27. The Labute approximate surface area is 233 Å². The number of amides is 1. The largest absolute Gasteiger partial charge is 0.353 e. The zero-order valence-corrected chi connectivity index (χ0v) is 22.9. The van der Waals surface area contributed by atoms with Crippen molar-refractivity contribution in [1.29, 1.82) is 0 Å². The molecule has 204 valence electrons. The molecule has 0 unspecified atom stereocenters. The quantitative estimate of drug-likeness (QED) is 0.438. The van der Waals surface area contributed by atoms with Crippen LogP contribution in [-0.4, -0.2) is 54.9 Å². The number of halogens is 2. The van der Waals surface area contributed by atoms with E-state index in [0.29, 0.717) is 52.5 Å². The van der Waals surface area contributed by atoms with E-state index < -0.39 is 16.6 Å². The number of nitrogens with one attached hydrogen (secondary N) is 2. The lowest BCUT2D eigenvalue weighted by molar-refractivity contribution is -0.120. The highest BCUT2D eigenvalue weighted by molar-refractivity contribution is 7.85. The summed E-state index contributed by atoms with van der Waals surface area (Å²) < 4.78 is 28.1. The second-order valence-electron chi connectivity index (χ2n) is 10.3. The molecule has 1 amide bonds. The molecule has 39 heavy (non-hydrogen) atoms. The maximum Gasteiger partial charge on any atom is 0.227 e. The number of benzene rings is 1. The number of piperidine rings is 1. The maximum atomic E-state index is 15.1. The van der Waals surface area contributed by atoms with Crippen LogP contribution in [0.1, 0.15) is 55.1 Å². The van der Waals surface area contributed by atoms with E-state index in [1.165, 1.54) is 6.07 Å². The fraction of sp³-hybridized carbons (Fsp3) is 0.444. The number of aromatic nitrogens is 4. The smallest absolute Gasteiger partial charge is 0.227 e. The highest BCUT2D eigenvalue weighted by Gasteiger charge is 2.29. The molecule has 1 atom stereocenters. The molecule has 3 aromatic rings. The van der Waals surface area contributed by atoms with Gasteiger partial charge in [-0.05, 0) is 56.2 Å². The fourth-order valence-corrected chi connectivity index (χ4v) is 6.48. The molecular formula is C27H29ClFN7O2S. The Kier molecular flexibility index (Phi) is 7.44. The number of carbonyl (C=O) groups is 1. The van der Waals surface area contributed by atoms with Crippen LogP contribution in [0.3, 0.4) is 0 Å². The van der Waals surface area contributed by atoms with Gasteiger partial charge in [0.2, 0.25) is 11.9 Å². The van der Waals surface area contributed by atoms with Gasteiger partial charge >= 0.3 is 0 Å². The maximum absolute atomic E-state index is 15.1. The highest BCUT2D eigenvalue weighted by atomic mass is 35.5. The van der Waals surface area contributed by atoms with Gasteiger partial charge in [-0.2, -0.15) is 4.98 Å². The molecule has 9 nitrogen and oxygen atoms in total. The SMILES string of the molecule is O=C(Cc1ccc(Nc2nc(N3CCC(c4ncc(Cl)cn4)CC3)nc3c2[S@](=O)CCC3)c(F)c1)NC1CC1. The van der Waals surface area contributed by atoms with Gasteiger partial charge in [0.1, 0.15) is 16.5 Å². The molecule has 0 radical (unpaired) electrons. The second-order valence-corrected chi connectivity index (χ2v) is 12.2. The van der Waals surface area contributed by atoms with Gasteiger partial charge in [0.25, 0.3) is 0 Å². The number of aryl methyl sites for hydroxylation is 1. The van der Waals surface area contributed by atoms with Crippen molar-refractivity contribution in [2.45, 2.75) is 61.8 Å². The molecule has 12 heteroatoms. The van der Waals surface area contributed by atoms with Gasteiger partial charge < -0.3 is 15.5 Å². The van der Waals surface area contributed by atoms with Gasteiger partial charge in [-0.15, -0.1) is 0 Å². The van der Waals surface area contributed by atoms with Gasteiger partial charge in [-0.3, -0.25) is 9.00 Å². The lowest BCUT2D eigenvalue weighted by Crippen LogP contribution is -2.35. The third-order valence-electron chi connectivity index (χ3n) is 7.27. The van der Waals surface area contributed by atoms with Gasteiger partial charge in [-0.1, -0.05) is 17.7 Å². The van der Waals surface area contributed by atoms with Crippen molar-refractivity contribution in [2.75, 3.05) is 29.1 Å². The summed E-state index contributed by atoms with van der Waals surface area (Å²) in [6.07, 6.45) is 8.51. The van der Waals surface area contributed by atoms with E-state index in [4.69, 9.17) is 21.6 Å². The van der Waals surface area contributed by atoms with Crippen molar-refractivity contribution in [1.82, 2.24) is 25.3 Å². The van der Waals surface area contributed by atoms with Crippen LogP contribution >= 0.6 is 11.6 Å². The number of anilines is 3. The number of hydrogen-bond acceptors (Lipinski definition) is 8. The Hall–Kier alpha value is -3.18. The van der Waals surface area contributed by atoms with Gasteiger partial charge in [0.15, 0.2) is 5.82 Å². The molecule has 6 rings (SSSR count). The molecule has 1 saturated heterocycles. The Morgan fingerprint density at radius 1 is 1.13 bits per heavy atom. The summed E-state index contributed by atoms with van der Waals surface area (Å²) in [5.41, 5.74) is 1.55. The summed E-state index contributed by atoms with van der Waals surface area (Å²) in [7, 11) is -1.27. The number of nitrogens with zero attached hydrogens (tertiary/aromatic N) is 5. The van der Waals surface area contributed by atoms with Gasteiger partial charge in [0.05, 0.1) is 33.6 Å². The van der Waals surface area contributed by atoms with E-state index >= 15 is 4.39 Å². The molecule has 2 fully saturated rings. The minimum Gasteiger partial charge on any atom is -0.353 e. The number of hydrogen-bond donors (Lipinski definition) is 2. The first kappa shape index (κ1) is 26.1. The van der Waals surface area contributed by atoms with Crippen LogP contribution in [-0.2, 0) is 28.4 Å². The zero-order chi connectivity index (χ0) is 26.9. The van der Waals surface area contributed by atoms with E-state index in [1.807, 2.05) is 0 Å². The topological polar surface area (TPSA) is 113 Å². The monoisotopic (exact) mass is 569 g/mol. The first-order chi connectivity index (χ1) is 18.9. The highest BCUT2D eigenvalue weighted by Crippen LogP contribution is 2.34. The van der Waals surface area contributed by atoms with Crippen LogP contribution in [0, 0.1) is 5.82 Å². The predicted molar refractivity (Wildman–Crippen MR) is 147 cm³/mol. The molecule has 2 aromatic heterocycles. The van der Waals surface area contributed by atoms with Crippen LogP contribution in [0.15, 0.2) is 35.5 Å². The van der Waals surface area contributed by atoms with Crippen molar-refractivity contribution in [3.05, 3.63) is 58.5 Å². The van der Waals surface area contributed by atoms with E-state index in [0.717, 1.165) is 43.6 Å². The minimum absolute atomic E-state index is 0.103. The summed E-state index contributed by atoms with van der Waals surface area (Å²) in [6, 6.07) is 4.96. The zero-order valence-electron chi connectivity index (χ0n) is 21.3. The number of carbonyl (C=O) groups excluding carboxylic acids is 1. The van der Waals surface area contributed by atoms with Crippen molar-refractivity contribution >= 4 is 45.8 Å². The van der Waals surface area contributed by atoms with Gasteiger partial charge in [0, 0.05) is 43.2 Å². The molecule has 2 aliphatic heterocycles. The van der Waals surface area contributed by atoms with Gasteiger partial charge in [-0.25, -0.2) is 19.3 Å². The average Bonchev–Trinajstić information content (AvgIpc) is 3.74. The molecule has 2 N–H and O–H groups in total. The Bertz CT molecular complexity index is 1410. The number of fused-ring (bicyclic) bond motifs is 1. The Morgan fingerprint density at radius 3 is 2.62 bits per heavy atom. The van der Waals surface area contributed by atoms with Crippen LogP contribution in [0.4, 0.5) is 21.8 Å². The molecule has 4 heterocycles. The first-order valence-corrected chi connectivity index (χ1v) is 15.0. The van der Waals surface area contributed by atoms with Crippen LogP contribution in [0.25, 0.3) is 0 Å². The third-order valence-corrected chi connectivity index (χ3v) is 9.01. The number of rotatable bonds is 7. The van der Waals surface area contributed by atoms with E-state index in [-0.39, 0.29) is 30.0 Å². The Balaban J connectivity index is 1.21. The molecule has 1 aromatic carbocycles. The summed E-state index contributed by atoms with van der Waals surface area (Å²) >= 11 is 5.93. The molecule has 1 saturated carbocycles. The lowest BCUT2D eigenvalue weighted by Gasteiger charge is -2.32. The molecule has 3 aliphatic rings. The van der Waals surface area contributed by atoms with E-state index in [2.05, 4.69) is 25.5 Å². The summed E-state index contributed by atoms with van der Waals surface area (Å²) in [5, 5.41) is 6.53. The van der Waals surface area contributed by atoms with Crippen LogP contribution < -0.4 is 15.5 Å². The van der Waals surface area contributed by atoms with Crippen LogP contribution in [0.5, 0.6) is 0 Å². The van der Waals surface area contributed by atoms with E-state index in [9.17, 15) is 9.00 Å². The molecule has 0 spiro atoms. The van der Waals surface area contributed by atoms with Crippen molar-refractivity contribution in [2.24, 2.45) is 0 Å². The predicted octanol–water partition coefficient (Wildman–Crippen LogP) is 4.06. The van der Waals surface area contributed by atoms with Crippen LogP contribution in [0.2, 0.25) is 5.02 Å². The standard InChI is InChI=1S/C27H29ClFN7O2S/c28-18-14-30-25(31-15-18)17-7-9-36(10-8-17)27-34-22-2-1-11-39(38)24(22)26(35-27)33-21-6-3-16(12-20(21)29)13-23(37)32-19-4-5-19/h3,6,12,14-15,17,19H,1-2,4-5,7-11,13H2,(H,32,37)(H,33,34,35)/t39-/m1/s1. The fourth-order valence-electron chi connectivity index (χ4n) is 5.05. The molecular weight excluding hydrogens is 541 g/mol. The lowest BCUT2D eigenvalue weighted by atomic mass is 9.96.